The first-order chi connectivity index (χ1) is 8.26. The second-order valence-electron chi connectivity index (χ2n) is 4.13. The Morgan fingerprint density at radius 1 is 1.29 bits per heavy atom. The summed E-state index contributed by atoms with van der Waals surface area (Å²) < 4.78 is 0. The van der Waals surface area contributed by atoms with Gasteiger partial charge in [-0.05, 0) is 30.7 Å². The van der Waals surface area contributed by atoms with Crippen LogP contribution in [0, 0.1) is 0 Å². The number of hydrogen-bond donors (Lipinski definition) is 2. The normalized spacial score (nSPS) is 10.2. The highest BCUT2D eigenvalue weighted by atomic mass is 16.1. The van der Waals surface area contributed by atoms with Gasteiger partial charge in [0, 0.05) is 18.7 Å². The Morgan fingerprint density at radius 3 is 2.82 bits per heavy atom. The van der Waals surface area contributed by atoms with Crippen LogP contribution >= 0.6 is 0 Å². The predicted molar refractivity (Wildman–Crippen MR) is 72.0 cm³/mol. The summed E-state index contributed by atoms with van der Waals surface area (Å²) in [5, 5.41) is 6.19. The van der Waals surface area contributed by atoms with Gasteiger partial charge in [-0.1, -0.05) is 32.4 Å². The molecule has 0 aliphatic heterocycles. The van der Waals surface area contributed by atoms with Gasteiger partial charge in [0.2, 0.25) is 5.91 Å². The van der Waals surface area contributed by atoms with Crippen LogP contribution in [0.2, 0.25) is 0 Å². The van der Waals surface area contributed by atoms with E-state index >= 15 is 0 Å². The number of hydrogen-bond acceptors (Lipinski definition) is 2. The number of anilines is 1. The second kappa shape index (κ2) is 7.85. The van der Waals surface area contributed by atoms with Crippen LogP contribution in [0.4, 0.5) is 5.69 Å². The van der Waals surface area contributed by atoms with Gasteiger partial charge in [0.15, 0.2) is 0 Å². The smallest absolute Gasteiger partial charge is 0.224 e. The summed E-state index contributed by atoms with van der Waals surface area (Å²) in [6.45, 7) is 5.96. The van der Waals surface area contributed by atoms with Crippen molar-refractivity contribution in [1.29, 1.82) is 0 Å². The molecule has 3 nitrogen and oxygen atoms in total. The summed E-state index contributed by atoms with van der Waals surface area (Å²) in [4.78, 5) is 11.6. The zero-order valence-electron chi connectivity index (χ0n) is 10.8. The average Bonchev–Trinajstić information content (AvgIpc) is 2.34. The first-order valence-corrected chi connectivity index (χ1v) is 6.35. The number of nitrogens with one attached hydrogen (secondary N) is 2. The molecule has 3 heteroatoms. The summed E-state index contributed by atoms with van der Waals surface area (Å²) >= 11 is 0. The van der Waals surface area contributed by atoms with Crippen molar-refractivity contribution in [3.8, 4) is 0 Å². The fourth-order valence-electron chi connectivity index (χ4n) is 1.59. The lowest BCUT2D eigenvalue weighted by Gasteiger charge is -2.07. The van der Waals surface area contributed by atoms with Gasteiger partial charge < -0.3 is 10.6 Å². The third kappa shape index (κ3) is 5.50. The van der Waals surface area contributed by atoms with Gasteiger partial charge in [-0.15, -0.1) is 0 Å². The Labute approximate surface area is 104 Å². The van der Waals surface area contributed by atoms with E-state index in [1.54, 1.807) is 0 Å². The third-order valence-electron chi connectivity index (χ3n) is 2.55. The predicted octanol–water partition coefficient (Wildman–Crippen LogP) is 2.92. The Kier molecular flexibility index (Phi) is 6.33. The molecule has 1 amide bonds. The molecule has 1 aromatic rings. The van der Waals surface area contributed by atoms with Crippen LogP contribution in [-0.4, -0.2) is 12.5 Å². The molecule has 17 heavy (non-hydrogen) atoms. The SMILES string of the molecule is CCCCC(=O)Nc1cccc(CNCC)c1. The first kappa shape index (κ1) is 13.7. The number of benzene rings is 1. The van der Waals surface area contributed by atoms with E-state index in [0.29, 0.717) is 6.42 Å². The van der Waals surface area contributed by atoms with E-state index in [0.717, 1.165) is 31.6 Å². The van der Waals surface area contributed by atoms with Gasteiger partial charge in [-0.3, -0.25) is 4.79 Å². The van der Waals surface area contributed by atoms with Gasteiger partial charge in [0.05, 0.1) is 0 Å². The van der Waals surface area contributed by atoms with Crippen molar-refractivity contribution in [3.05, 3.63) is 29.8 Å². The van der Waals surface area contributed by atoms with Crippen molar-refractivity contribution < 1.29 is 4.79 Å². The second-order valence-corrected chi connectivity index (χ2v) is 4.13. The Bertz CT molecular complexity index is 350. The molecule has 0 heterocycles. The van der Waals surface area contributed by atoms with Crippen molar-refractivity contribution in [1.82, 2.24) is 5.32 Å². The van der Waals surface area contributed by atoms with Crippen LogP contribution < -0.4 is 10.6 Å². The van der Waals surface area contributed by atoms with Gasteiger partial charge in [-0.25, -0.2) is 0 Å². The number of carbonyl (C=O) groups is 1. The van der Waals surface area contributed by atoms with Crippen molar-refractivity contribution in [2.75, 3.05) is 11.9 Å². The molecule has 0 aromatic heterocycles. The van der Waals surface area contributed by atoms with Crippen LogP contribution in [0.25, 0.3) is 0 Å². The molecular weight excluding hydrogens is 212 g/mol. The number of rotatable bonds is 7. The fraction of sp³-hybridized carbons (Fsp3) is 0.500. The highest BCUT2D eigenvalue weighted by Crippen LogP contribution is 2.11. The van der Waals surface area contributed by atoms with E-state index in [1.807, 2.05) is 18.2 Å². The van der Waals surface area contributed by atoms with E-state index in [1.165, 1.54) is 5.56 Å². The van der Waals surface area contributed by atoms with E-state index in [2.05, 4.69) is 30.5 Å². The average molecular weight is 234 g/mol. The topological polar surface area (TPSA) is 41.1 Å². The van der Waals surface area contributed by atoms with Crippen LogP contribution in [0.3, 0.4) is 0 Å². The first-order valence-electron chi connectivity index (χ1n) is 6.35. The molecule has 1 rings (SSSR count). The largest absolute Gasteiger partial charge is 0.326 e. The van der Waals surface area contributed by atoms with Crippen LogP contribution in [0.15, 0.2) is 24.3 Å². The maximum Gasteiger partial charge on any atom is 0.224 e. The number of amides is 1. The number of unbranched alkanes of at least 4 members (excludes halogenated alkanes) is 1. The molecule has 0 aliphatic carbocycles. The Balaban J connectivity index is 2.50. The molecule has 0 aliphatic rings. The summed E-state index contributed by atoms with van der Waals surface area (Å²) in [7, 11) is 0. The molecule has 2 N–H and O–H groups in total. The number of carbonyl (C=O) groups excluding carboxylic acids is 1. The van der Waals surface area contributed by atoms with E-state index in [-0.39, 0.29) is 5.91 Å². The summed E-state index contributed by atoms with van der Waals surface area (Å²) in [5.74, 6) is 0.104. The van der Waals surface area contributed by atoms with Crippen molar-refractivity contribution in [3.63, 3.8) is 0 Å². The lowest BCUT2D eigenvalue weighted by atomic mass is 10.2. The summed E-state index contributed by atoms with van der Waals surface area (Å²) in [6, 6.07) is 7.98. The van der Waals surface area contributed by atoms with Gasteiger partial charge >= 0.3 is 0 Å². The van der Waals surface area contributed by atoms with Gasteiger partial charge in [0.1, 0.15) is 0 Å². The molecule has 0 saturated carbocycles. The minimum atomic E-state index is 0.104. The molecular formula is C14H22N2O. The fourth-order valence-corrected chi connectivity index (χ4v) is 1.59. The van der Waals surface area contributed by atoms with Crippen LogP contribution in [-0.2, 0) is 11.3 Å². The molecule has 0 saturated heterocycles. The monoisotopic (exact) mass is 234 g/mol. The Hall–Kier alpha value is -1.35. The maximum absolute atomic E-state index is 11.6. The molecule has 0 radical (unpaired) electrons. The maximum atomic E-state index is 11.6. The van der Waals surface area contributed by atoms with Crippen LogP contribution in [0.5, 0.6) is 0 Å². The highest BCUT2D eigenvalue weighted by Gasteiger charge is 2.01. The van der Waals surface area contributed by atoms with Crippen LogP contribution in [0.1, 0.15) is 38.7 Å². The molecule has 0 unspecified atom stereocenters. The molecule has 94 valence electrons. The standard InChI is InChI=1S/C14H22N2O/c1-3-5-9-14(17)16-13-8-6-7-12(10-13)11-15-4-2/h6-8,10,15H,3-5,9,11H2,1-2H3,(H,16,17). The zero-order valence-corrected chi connectivity index (χ0v) is 10.8. The molecule has 0 spiro atoms. The quantitative estimate of drug-likeness (QED) is 0.761. The molecule has 0 atom stereocenters. The highest BCUT2D eigenvalue weighted by molar-refractivity contribution is 5.90. The van der Waals surface area contributed by atoms with Gasteiger partial charge in [0.25, 0.3) is 0 Å². The Morgan fingerprint density at radius 2 is 2.12 bits per heavy atom. The summed E-state index contributed by atoms with van der Waals surface area (Å²) in [6.07, 6.45) is 2.60. The lowest BCUT2D eigenvalue weighted by molar-refractivity contribution is -0.116. The third-order valence-corrected chi connectivity index (χ3v) is 2.55. The minimum Gasteiger partial charge on any atom is -0.326 e. The lowest BCUT2D eigenvalue weighted by Crippen LogP contribution is -2.13. The van der Waals surface area contributed by atoms with Gasteiger partial charge in [-0.2, -0.15) is 0 Å². The summed E-state index contributed by atoms with van der Waals surface area (Å²) in [5.41, 5.74) is 2.08. The van der Waals surface area contributed by atoms with E-state index in [4.69, 9.17) is 0 Å². The van der Waals surface area contributed by atoms with E-state index in [9.17, 15) is 4.79 Å². The van der Waals surface area contributed by atoms with Crippen molar-refractivity contribution in [2.24, 2.45) is 0 Å². The van der Waals surface area contributed by atoms with Crippen molar-refractivity contribution >= 4 is 11.6 Å². The molecule has 0 fully saturated rings. The van der Waals surface area contributed by atoms with Crippen molar-refractivity contribution in [2.45, 2.75) is 39.7 Å². The van der Waals surface area contributed by atoms with E-state index < -0.39 is 0 Å². The minimum absolute atomic E-state index is 0.104. The zero-order chi connectivity index (χ0) is 12.5. The molecule has 0 bridgehead atoms. The molecule has 1 aromatic carbocycles.